The van der Waals surface area contributed by atoms with Crippen molar-refractivity contribution in [1.29, 1.82) is 0 Å². The zero-order chi connectivity index (χ0) is 15.3. The largest absolute Gasteiger partial charge is 0.433 e. The molecule has 0 fully saturated rings. The number of carbonyl (C=O) groups excluding carboxylic acids is 1. The molecule has 0 atom stereocenters. The summed E-state index contributed by atoms with van der Waals surface area (Å²) in [5, 5.41) is 2.70. The lowest BCUT2D eigenvalue weighted by atomic mass is 9.97. The van der Waals surface area contributed by atoms with Crippen molar-refractivity contribution in [3.05, 3.63) is 41.2 Å². The minimum atomic E-state index is -4.48. The van der Waals surface area contributed by atoms with Crippen molar-refractivity contribution in [2.75, 3.05) is 6.54 Å². The van der Waals surface area contributed by atoms with E-state index < -0.39 is 17.8 Å². The van der Waals surface area contributed by atoms with Crippen molar-refractivity contribution >= 4 is 5.91 Å². The van der Waals surface area contributed by atoms with Crippen LogP contribution in [0.3, 0.4) is 0 Å². The van der Waals surface area contributed by atoms with Crippen LogP contribution in [0, 0.1) is 0 Å². The molecule has 114 valence electrons. The van der Waals surface area contributed by atoms with E-state index in [2.05, 4.69) is 16.4 Å². The lowest BCUT2D eigenvalue weighted by Crippen LogP contribution is -2.25. The van der Waals surface area contributed by atoms with Gasteiger partial charge in [0.15, 0.2) is 0 Å². The predicted octanol–water partition coefficient (Wildman–Crippen LogP) is 3.72. The van der Waals surface area contributed by atoms with Crippen LogP contribution >= 0.6 is 0 Å². The molecule has 1 amide bonds. The third-order valence-electron chi connectivity index (χ3n) is 3.43. The molecule has 1 heterocycles. The van der Waals surface area contributed by atoms with Crippen LogP contribution in [-0.4, -0.2) is 17.4 Å². The summed E-state index contributed by atoms with van der Waals surface area (Å²) in [6.45, 7) is 0.492. The molecule has 2 rings (SSSR count). The van der Waals surface area contributed by atoms with Gasteiger partial charge in [-0.25, -0.2) is 0 Å². The summed E-state index contributed by atoms with van der Waals surface area (Å²) in [5.74, 6) is -0.396. The summed E-state index contributed by atoms with van der Waals surface area (Å²) in [7, 11) is 0. The van der Waals surface area contributed by atoms with Crippen molar-refractivity contribution in [1.82, 2.24) is 10.3 Å². The van der Waals surface area contributed by atoms with Crippen molar-refractivity contribution in [3.63, 3.8) is 0 Å². The SMILES string of the molecule is O=C(NCCC1=CCCCC1)c1ccc(C(F)(F)F)nc1. The van der Waals surface area contributed by atoms with Gasteiger partial charge in [-0.2, -0.15) is 13.2 Å². The van der Waals surface area contributed by atoms with Crippen molar-refractivity contribution in [2.24, 2.45) is 0 Å². The van der Waals surface area contributed by atoms with E-state index in [4.69, 9.17) is 0 Å². The number of hydrogen-bond acceptors (Lipinski definition) is 2. The maximum Gasteiger partial charge on any atom is 0.433 e. The van der Waals surface area contributed by atoms with Crippen LogP contribution < -0.4 is 5.32 Å². The first-order valence-corrected chi connectivity index (χ1v) is 6.96. The molecule has 1 aromatic rings. The van der Waals surface area contributed by atoms with Gasteiger partial charge in [-0.1, -0.05) is 11.6 Å². The first-order chi connectivity index (χ1) is 9.97. The van der Waals surface area contributed by atoms with Crippen LogP contribution in [0.5, 0.6) is 0 Å². The number of nitrogens with zero attached hydrogens (tertiary/aromatic N) is 1. The van der Waals surface area contributed by atoms with E-state index in [1.165, 1.54) is 18.4 Å². The zero-order valence-corrected chi connectivity index (χ0v) is 11.5. The van der Waals surface area contributed by atoms with E-state index in [0.717, 1.165) is 37.6 Å². The third kappa shape index (κ3) is 4.58. The first kappa shape index (κ1) is 15.5. The maximum atomic E-state index is 12.4. The van der Waals surface area contributed by atoms with E-state index in [0.29, 0.717) is 6.54 Å². The van der Waals surface area contributed by atoms with Crippen LogP contribution in [0.1, 0.15) is 48.2 Å². The summed E-state index contributed by atoms with van der Waals surface area (Å²) < 4.78 is 37.1. The van der Waals surface area contributed by atoms with Crippen LogP contribution in [0.25, 0.3) is 0 Å². The molecular formula is C15H17F3N2O. The number of halogens is 3. The highest BCUT2D eigenvalue weighted by Gasteiger charge is 2.32. The molecule has 0 spiro atoms. The number of pyridine rings is 1. The number of nitrogens with one attached hydrogen (secondary N) is 1. The average Bonchev–Trinajstić information content (AvgIpc) is 2.47. The number of hydrogen-bond donors (Lipinski definition) is 1. The molecule has 1 aliphatic carbocycles. The highest BCUT2D eigenvalue weighted by molar-refractivity contribution is 5.93. The normalized spacial score (nSPS) is 15.5. The molecule has 3 nitrogen and oxygen atoms in total. The molecule has 1 N–H and O–H groups in total. The molecule has 0 aliphatic heterocycles. The Kier molecular flexibility index (Phi) is 4.98. The summed E-state index contributed by atoms with van der Waals surface area (Å²) in [6, 6.07) is 1.96. The highest BCUT2D eigenvalue weighted by Crippen LogP contribution is 2.27. The standard InChI is InChI=1S/C15H17F3N2O/c16-15(17,18)13-7-6-12(10-20-13)14(21)19-9-8-11-4-2-1-3-5-11/h4,6-7,10H,1-3,5,8-9H2,(H,19,21). The second-order valence-electron chi connectivity index (χ2n) is 5.04. The van der Waals surface area contributed by atoms with Gasteiger partial charge in [0, 0.05) is 12.7 Å². The van der Waals surface area contributed by atoms with Crippen molar-refractivity contribution in [3.8, 4) is 0 Å². The molecule has 1 aromatic heterocycles. The van der Waals surface area contributed by atoms with Gasteiger partial charge < -0.3 is 5.32 Å². The number of aromatic nitrogens is 1. The van der Waals surface area contributed by atoms with Gasteiger partial charge in [0.2, 0.25) is 0 Å². The van der Waals surface area contributed by atoms with Crippen LogP contribution in [-0.2, 0) is 6.18 Å². The molecule has 0 saturated heterocycles. The van der Waals surface area contributed by atoms with E-state index in [-0.39, 0.29) is 5.56 Å². The van der Waals surface area contributed by atoms with E-state index in [9.17, 15) is 18.0 Å². The minimum absolute atomic E-state index is 0.139. The molecule has 0 unspecified atom stereocenters. The highest BCUT2D eigenvalue weighted by atomic mass is 19.4. The Morgan fingerprint density at radius 1 is 1.29 bits per heavy atom. The van der Waals surface area contributed by atoms with E-state index in [1.807, 2.05) is 0 Å². The Bertz CT molecular complexity index is 521. The summed E-state index contributed by atoms with van der Waals surface area (Å²) >= 11 is 0. The summed E-state index contributed by atoms with van der Waals surface area (Å²) in [4.78, 5) is 15.1. The van der Waals surface area contributed by atoms with Crippen LogP contribution in [0.4, 0.5) is 13.2 Å². The Morgan fingerprint density at radius 3 is 2.67 bits per heavy atom. The Balaban J connectivity index is 1.84. The van der Waals surface area contributed by atoms with Crippen molar-refractivity contribution < 1.29 is 18.0 Å². The number of amides is 1. The third-order valence-corrected chi connectivity index (χ3v) is 3.43. The van der Waals surface area contributed by atoms with Gasteiger partial charge in [-0.3, -0.25) is 9.78 Å². The predicted molar refractivity (Wildman–Crippen MR) is 72.7 cm³/mol. The second-order valence-corrected chi connectivity index (χ2v) is 5.04. The summed E-state index contributed by atoms with van der Waals surface area (Å²) in [6.07, 6.45) is 4.02. The average molecular weight is 298 g/mol. The molecule has 0 saturated carbocycles. The maximum absolute atomic E-state index is 12.4. The van der Waals surface area contributed by atoms with Crippen LogP contribution in [0.15, 0.2) is 30.0 Å². The lowest BCUT2D eigenvalue weighted by Gasteiger charge is -2.13. The first-order valence-electron chi connectivity index (χ1n) is 6.96. The lowest BCUT2D eigenvalue weighted by molar-refractivity contribution is -0.141. The molecule has 0 radical (unpaired) electrons. The minimum Gasteiger partial charge on any atom is -0.352 e. The molecule has 21 heavy (non-hydrogen) atoms. The molecule has 0 bridgehead atoms. The Morgan fingerprint density at radius 2 is 2.10 bits per heavy atom. The van der Waals surface area contributed by atoms with Gasteiger partial charge in [0.1, 0.15) is 5.69 Å². The number of rotatable bonds is 4. The summed E-state index contributed by atoms with van der Waals surface area (Å²) in [5.41, 5.74) is 0.485. The van der Waals surface area contributed by atoms with Gasteiger partial charge in [-0.15, -0.1) is 0 Å². The quantitative estimate of drug-likeness (QED) is 0.861. The monoisotopic (exact) mass is 298 g/mol. The fourth-order valence-corrected chi connectivity index (χ4v) is 2.27. The number of allylic oxidation sites excluding steroid dienone is 1. The van der Waals surface area contributed by atoms with Gasteiger partial charge in [0.05, 0.1) is 5.56 Å². The molecule has 1 aliphatic rings. The number of alkyl halides is 3. The van der Waals surface area contributed by atoms with Crippen LogP contribution in [0.2, 0.25) is 0 Å². The van der Waals surface area contributed by atoms with Gasteiger partial charge >= 0.3 is 6.18 Å². The van der Waals surface area contributed by atoms with Gasteiger partial charge in [0.25, 0.3) is 5.91 Å². The van der Waals surface area contributed by atoms with Gasteiger partial charge in [-0.05, 0) is 44.2 Å². The number of carbonyl (C=O) groups is 1. The van der Waals surface area contributed by atoms with E-state index in [1.54, 1.807) is 0 Å². The smallest absolute Gasteiger partial charge is 0.352 e. The fourth-order valence-electron chi connectivity index (χ4n) is 2.27. The molecule has 0 aromatic carbocycles. The Labute approximate surface area is 121 Å². The molecule has 6 heteroatoms. The zero-order valence-electron chi connectivity index (χ0n) is 11.5. The topological polar surface area (TPSA) is 42.0 Å². The van der Waals surface area contributed by atoms with E-state index >= 15 is 0 Å². The second kappa shape index (κ2) is 6.74. The molecular weight excluding hydrogens is 281 g/mol. The van der Waals surface area contributed by atoms with Crippen molar-refractivity contribution in [2.45, 2.75) is 38.3 Å². The fraction of sp³-hybridized carbons (Fsp3) is 0.467. The Hall–Kier alpha value is -1.85.